The second-order valence-corrected chi connectivity index (χ2v) is 10.4. The summed E-state index contributed by atoms with van der Waals surface area (Å²) >= 11 is 6.07. The van der Waals surface area contributed by atoms with Gasteiger partial charge in [-0.3, -0.25) is 24.8 Å². The molecule has 0 spiro atoms. The van der Waals surface area contributed by atoms with Gasteiger partial charge in [0.1, 0.15) is 5.82 Å². The van der Waals surface area contributed by atoms with Crippen molar-refractivity contribution in [2.45, 2.75) is 24.2 Å². The number of aromatic nitrogens is 1. The van der Waals surface area contributed by atoms with Crippen LogP contribution in [0.5, 0.6) is 0 Å². The Hall–Kier alpha value is -4.12. The molecule has 1 aromatic heterocycles. The van der Waals surface area contributed by atoms with E-state index in [4.69, 9.17) is 11.6 Å². The molecule has 1 unspecified atom stereocenters. The lowest BCUT2D eigenvalue weighted by molar-refractivity contribution is -0.137. The number of pyridine rings is 1. The number of carbonyl (C=O) groups is 2. The normalized spacial score (nSPS) is 15.4. The molecule has 0 radical (unpaired) electrons. The first kappa shape index (κ1) is 29.4. The van der Waals surface area contributed by atoms with Crippen molar-refractivity contribution in [1.29, 1.82) is 0 Å². The largest absolute Gasteiger partial charge is 0.416 e. The Morgan fingerprint density at radius 2 is 1.50 bits per heavy atom. The fourth-order valence-electron chi connectivity index (χ4n) is 5.10. The minimum absolute atomic E-state index is 0.00294. The maximum atomic E-state index is 14.8. The van der Waals surface area contributed by atoms with Gasteiger partial charge in [0.2, 0.25) is 0 Å². The van der Waals surface area contributed by atoms with E-state index in [9.17, 15) is 32.3 Å². The predicted molar refractivity (Wildman–Crippen MR) is 147 cm³/mol. The van der Waals surface area contributed by atoms with Gasteiger partial charge in [0.05, 0.1) is 45.6 Å². The Balaban J connectivity index is 1.54. The van der Waals surface area contributed by atoms with Crippen molar-refractivity contribution in [2.24, 2.45) is 0 Å². The lowest BCUT2D eigenvalue weighted by atomic mass is 9.79. The van der Waals surface area contributed by atoms with Crippen LogP contribution in [0.15, 0.2) is 91.1 Å². The van der Waals surface area contributed by atoms with Gasteiger partial charge in [-0.2, -0.15) is 13.2 Å². The number of nitrogens with zero attached hydrogens (tertiary/aromatic N) is 2. The fraction of sp³-hybridized carbons (Fsp3) is 0.194. The number of aliphatic hydroxyl groups excluding tert-OH is 1. The highest BCUT2D eigenvalue weighted by Crippen LogP contribution is 2.38. The minimum atomic E-state index is -4.84. The number of β-amino-alcohol motifs (C(OH)–C–C–N with tert-alkyl or cyclic N) is 1. The molecular formula is C31H24ClF4N3O3. The number of amides is 2. The summed E-state index contributed by atoms with van der Waals surface area (Å²) in [6.07, 6.45) is -4.86. The second kappa shape index (κ2) is 11.6. The molecule has 0 bridgehead atoms. The average Bonchev–Trinajstić information content (AvgIpc) is 3.20. The standard InChI is InChI=1S/C31H24ClF4N3O3/c32-22-10-11-27(37-16-22)30(15-19-6-2-1-3-7-19,20-12-21(31(34,35)36)14-23(33)13-20)38-17-24(40)18-39-28(41)25-8-4-5-9-26(25)29(39)42/h1-14,16,24,38,40H,15,17-18H2/t24?,30-/m0/s1. The Morgan fingerprint density at radius 1 is 0.881 bits per heavy atom. The van der Waals surface area contributed by atoms with E-state index >= 15 is 0 Å². The van der Waals surface area contributed by atoms with Gasteiger partial charge in [0.15, 0.2) is 0 Å². The Morgan fingerprint density at radius 3 is 2.10 bits per heavy atom. The van der Waals surface area contributed by atoms with Gasteiger partial charge >= 0.3 is 6.18 Å². The van der Waals surface area contributed by atoms with Crippen LogP contribution < -0.4 is 5.32 Å². The molecule has 1 aliphatic heterocycles. The fourth-order valence-corrected chi connectivity index (χ4v) is 5.21. The number of nitrogens with one attached hydrogen (secondary N) is 1. The molecule has 42 heavy (non-hydrogen) atoms. The highest BCUT2D eigenvalue weighted by atomic mass is 35.5. The third kappa shape index (κ3) is 5.92. The first-order valence-corrected chi connectivity index (χ1v) is 13.3. The topological polar surface area (TPSA) is 82.5 Å². The van der Waals surface area contributed by atoms with Gasteiger partial charge in [-0.25, -0.2) is 4.39 Å². The summed E-state index contributed by atoms with van der Waals surface area (Å²) in [5.74, 6) is -2.24. The van der Waals surface area contributed by atoms with Gasteiger partial charge in [0.25, 0.3) is 11.8 Å². The molecule has 5 rings (SSSR count). The summed E-state index contributed by atoms with van der Waals surface area (Å²) in [5.41, 5.74) is -1.58. The van der Waals surface area contributed by atoms with E-state index in [1.165, 1.54) is 30.5 Å². The van der Waals surface area contributed by atoms with Crippen molar-refractivity contribution in [2.75, 3.05) is 13.1 Å². The SMILES string of the molecule is O=C1c2ccccc2C(=O)N1CC(O)CN[C@@](Cc1ccccc1)(c1cc(F)cc(C(F)(F)F)c1)c1ccc(Cl)cn1. The van der Waals surface area contributed by atoms with E-state index in [-0.39, 0.29) is 46.9 Å². The van der Waals surface area contributed by atoms with E-state index in [0.717, 1.165) is 17.0 Å². The first-order chi connectivity index (χ1) is 20.0. The van der Waals surface area contributed by atoms with E-state index in [0.29, 0.717) is 11.6 Å². The van der Waals surface area contributed by atoms with Crippen LogP contribution in [0.25, 0.3) is 0 Å². The molecule has 2 atom stereocenters. The summed E-state index contributed by atoms with van der Waals surface area (Å²) in [5, 5.41) is 14.4. The molecule has 6 nitrogen and oxygen atoms in total. The number of halogens is 5. The zero-order chi connectivity index (χ0) is 30.1. The molecule has 11 heteroatoms. The number of aliphatic hydroxyl groups is 1. The molecule has 2 heterocycles. The zero-order valence-corrected chi connectivity index (χ0v) is 22.7. The summed E-state index contributed by atoms with van der Waals surface area (Å²) in [6.45, 7) is -0.686. The van der Waals surface area contributed by atoms with Crippen molar-refractivity contribution in [3.05, 3.63) is 135 Å². The Labute approximate surface area is 243 Å². The van der Waals surface area contributed by atoms with Crippen molar-refractivity contribution >= 4 is 23.4 Å². The van der Waals surface area contributed by atoms with Crippen molar-refractivity contribution < 1.29 is 32.3 Å². The molecule has 2 N–H and O–H groups in total. The summed E-state index contributed by atoms with van der Waals surface area (Å²) in [6, 6.07) is 20.3. The second-order valence-electron chi connectivity index (χ2n) is 9.96. The van der Waals surface area contributed by atoms with Crippen LogP contribution in [-0.2, 0) is 18.1 Å². The minimum Gasteiger partial charge on any atom is -0.390 e. The van der Waals surface area contributed by atoms with Crippen LogP contribution >= 0.6 is 11.6 Å². The van der Waals surface area contributed by atoms with Crippen LogP contribution in [0.2, 0.25) is 5.02 Å². The van der Waals surface area contributed by atoms with Gasteiger partial charge in [0, 0.05) is 19.2 Å². The maximum absolute atomic E-state index is 14.8. The van der Waals surface area contributed by atoms with Gasteiger partial charge in [-0.05, 0) is 53.6 Å². The molecule has 0 fully saturated rings. The predicted octanol–water partition coefficient (Wildman–Crippen LogP) is 5.63. The number of rotatable bonds is 9. The third-order valence-corrected chi connectivity index (χ3v) is 7.33. The van der Waals surface area contributed by atoms with Crippen LogP contribution in [0, 0.1) is 5.82 Å². The van der Waals surface area contributed by atoms with E-state index in [1.54, 1.807) is 42.5 Å². The lowest BCUT2D eigenvalue weighted by Crippen LogP contribution is -2.51. The summed E-state index contributed by atoms with van der Waals surface area (Å²) in [7, 11) is 0. The van der Waals surface area contributed by atoms with E-state index < -0.39 is 41.0 Å². The van der Waals surface area contributed by atoms with Crippen LogP contribution in [0.3, 0.4) is 0 Å². The van der Waals surface area contributed by atoms with Gasteiger partial charge < -0.3 is 5.11 Å². The molecule has 1 aliphatic rings. The molecule has 0 aliphatic carbocycles. The van der Waals surface area contributed by atoms with Crippen LogP contribution in [0.4, 0.5) is 17.6 Å². The average molecular weight is 598 g/mol. The molecular weight excluding hydrogens is 574 g/mol. The number of alkyl halides is 3. The smallest absolute Gasteiger partial charge is 0.390 e. The number of imide groups is 1. The molecule has 0 saturated carbocycles. The van der Waals surface area contributed by atoms with Crippen molar-refractivity contribution in [1.82, 2.24) is 15.2 Å². The molecule has 216 valence electrons. The number of hydrogen-bond donors (Lipinski definition) is 2. The Kier molecular flexibility index (Phi) is 8.14. The highest BCUT2D eigenvalue weighted by molar-refractivity contribution is 6.30. The van der Waals surface area contributed by atoms with Crippen molar-refractivity contribution in [3.8, 4) is 0 Å². The molecule has 3 aromatic carbocycles. The zero-order valence-electron chi connectivity index (χ0n) is 21.9. The number of benzene rings is 3. The van der Waals surface area contributed by atoms with Crippen LogP contribution in [0.1, 0.15) is 43.1 Å². The third-order valence-electron chi connectivity index (χ3n) is 7.11. The number of fused-ring (bicyclic) bond motifs is 1. The van der Waals surface area contributed by atoms with Gasteiger partial charge in [-0.1, -0.05) is 54.1 Å². The van der Waals surface area contributed by atoms with E-state index in [1.807, 2.05) is 0 Å². The number of hydrogen-bond acceptors (Lipinski definition) is 5. The first-order valence-electron chi connectivity index (χ1n) is 12.9. The summed E-state index contributed by atoms with van der Waals surface area (Å²) in [4.78, 5) is 31.0. The van der Waals surface area contributed by atoms with Gasteiger partial charge in [-0.15, -0.1) is 0 Å². The Bertz CT molecular complexity index is 1580. The lowest BCUT2D eigenvalue weighted by Gasteiger charge is -2.37. The maximum Gasteiger partial charge on any atom is 0.416 e. The monoisotopic (exact) mass is 597 g/mol. The summed E-state index contributed by atoms with van der Waals surface area (Å²) < 4.78 is 56.2. The van der Waals surface area contributed by atoms with Crippen molar-refractivity contribution in [3.63, 3.8) is 0 Å². The molecule has 0 saturated heterocycles. The quantitative estimate of drug-likeness (QED) is 0.193. The number of carbonyl (C=O) groups excluding carboxylic acids is 2. The highest BCUT2D eigenvalue weighted by Gasteiger charge is 2.41. The molecule has 4 aromatic rings. The molecule has 2 amide bonds. The van der Waals surface area contributed by atoms with Crippen LogP contribution in [-0.4, -0.2) is 46.0 Å². The van der Waals surface area contributed by atoms with E-state index in [2.05, 4.69) is 10.3 Å².